The van der Waals surface area contributed by atoms with Gasteiger partial charge in [-0.05, 0) is 55.3 Å². The summed E-state index contributed by atoms with van der Waals surface area (Å²) in [5.41, 5.74) is 7.00. The third kappa shape index (κ3) is 3.58. The van der Waals surface area contributed by atoms with E-state index in [0.717, 1.165) is 10.2 Å². The normalized spacial score (nSPS) is 10.9. The minimum atomic E-state index is 0.203. The quantitative estimate of drug-likeness (QED) is 0.657. The summed E-state index contributed by atoms with van der Waals surface area (Å²) in [4.78, 5) is 0. The number of anilines is 1. The van der Waals surface area contributed by atoms with Gasteiger partial charge in [0.05, 0.1) is 11.9 Å². The maximum Gasteiger partial charge on any atom is 0.124 e. The summed E-state index contributed by atoms with van der Waals surface area (Å²) < 4.78 is 0.901. The van der Waals surface area contributed by atoms with Gasteiger partial charge in [0.15, 0.2) is 0 Å². The van der Waals surface area contributed by atoms with Crippen molar-refractivity contribution in [3.63, 3.8) is 0 Å². The number of nitrogens with one attached hydrogen (secondary N) is 1. The lowest BCUT2D eigenvalue weighted by molar-refractivity contribution is 0.474. The first kappa shape index (κ1) is 13.6. The van der Waals surface area contributed by atoms with E-state index >= 15 is 0 Å². The third-order valence-electron chi connectivity index (χ3n) is 2.89. The van der Waals surface area contributed by atoms with E-state index in [9.17, 15) is 5.11 Å². The third-order valence-corrected chi connectivity index (χ3v) is 3.39. The van der Waals surface area contributed by atoms with E-state index in [0.29, 0.717) is 5.56 Å². The van der Waals surface area contributed by atoms with Crippen LogP contribution in [0.25, 0.3) is 0 Å². The molecule has 0 amide bonds. The van der Waals surface area contributed by atoms with Crippen LogP contribution in [0.5, 0.6) is 5.75 Å². The molecule has 0 fully saturated rings. The van der Waals surface area contributed by atoms with Crippen molar-refractivity contribution in [2.24, 2.45) is 5.10 Å². The number of nitrogens with zero attached hydrogens (tertiary/aromatic N) is 1. The number of rotatable bonds is 3. The van der Waals surface area contributed by atoms with Gasteiger partial charge in [-0.3, -0.25) is 5.43 Å². The molecular weight excluding hydrogens is 304 g/mol. The van der Waals surface area contributed by atoms with Crippen LogP contribution in [0.1, 0.15) is 16.7 Å². The van der Waals surface area contributed by atoms with E-state index in [1.165, 1.54) is 11.1 Å². The molecule has 0 spiro atoms. The first-order valence-corrected chi connectivity index (χ1v) is 6.70. The summed E-state index contributed by atoms with van der Waals surface area (Å²) in [6.45, 7) is 4.13. The summed E-state index contributed by atoms with van der Waals surface area (Å²) in [5, 5.41) is 13.8. The largest absolute Gasteiger partial charge is 0.507 e. The van der Waals surface area contributed by atoms with Crippen LogP contribution in [0.15, 0.2) is 46.0 Å². The Morgan fingerprint density at radius 1 is 1.11 bits per heavy atom. The van der Waals surface area contributed by atoms with Gasteiger partial charge >= 0.3 is 0 Å². The average Bonchev–Trinajstić information content (AvgIpc) is 2.38. The van der Waals surface area contributed by atoms with Gasteiger partial charge in [0.25, 0.3) is 0 Å². The molecule has 19 heavy (non-hydrogen) atoms. The van der Waals surface area contributed by atoms with E-state index in [1.54, 1.807) is 24.4 Å². The number of halogens is 1. The van der Waals surface area contributed by atoms with E-state index in [2.05, 4.69) is 40.3 Å². The van der Waals surface area contributed by atoms with Gasteiger partial charge in [-0.15, -0.1) is 0 Å². The highest BCUT2D eigenvalue weighted by Gasteiger charge is 1.99. The lowest BCUT2D eigenvalue weighted by Crippen LogP contribution is -1.92. The Morgan fingerprint density at radius 2 is 1.89 bits per heavy atom. The molecule has 2 aromatic carbocycles. The van der Waals surface area contributed by atoms with E-state index in [1.807, 2.05) is 18.2 Å². The molecule has 0 saturated heterocycles. The lowest BCUT2D eigenvalue weighted by Gasteiger charge is -2.04. The van der Waals surface area contributed by atoms with Crippen LogP contribution in [0.2, 0.25) is 0 Å². The number of hydrogen-bond acceptors (Lipinski definition) is 3. The molecule has 0 saturated carbocycles. The summed E-state index contributed by atoms with van der Waals surface area (Å²) in [6, 6.07) is 11.3. The molecule has 98 valence electrons. The monoisotopic (exact) mass is 318 g/mol. The highest BCUT2D eigenvalue weighted by molar-refractivity contribution is 9.10. The van der Waals surface area contributed by atoms with Crippen molar-refractivity contribution >= 4 is 27.8 Å². The average molecular weight is 319 g/mol. The number of phenolic OH excluding ortho intramolecular Hbond substituents is 1. The number of hydrazone groups is 1. The molecule has 0 unspecified atom stereocenters. The molecule has 3 nitrogen and oxygen atoms in total. The molecule has 0 bridgehead atoms. The first-order valence-electron chi connectivity index (χ1n) is 5.91. The molecule has 0 atom stereocenters. The lowest BCUT2D eigenvalue weighted by atomic mass is 10.1. The predicted molar refractivity (Wildman–Crippen MR) is 82.9 cm³/mol. The van der Waals surface area contributed by atoms with Gasteiger partial charge in [-0.25, -0.2) is 0 Å². The van der Waals surface area contributed by atoms with Crippen LogP contribution in [0, 0.1) is 13.8 Å². The van der Waals surface area contributed by atoms with Crippen LogP contribution in [-0.4, -0.2) is 11.3 Å². The van der Waals surface area contributed by atoms with Crippen molar-refractivity contribution in [2.75, 3.05) is 5.43 Å². The number of hydrogen-bond donors (Lipinski definition) is 2. The van der Waals surface area contributed by atoms with Crippen molar-refractivity contribution in [3.05, 3.63) is 57.6 Å². The topological polar surface area (TPSA) is 44.6 Å². The Balaban J connectivity index is 2.11. The number of benzene rings is 2. The van der Waals surface area contributed by atoms with E-state index in [4.69, 9.17) is 0 Å². The van der Waals surface area contributed by atoms with Gasteiger partial charge in [-0.1, -0.05) is 22.0 Å². The van der Waals surface area contributed by atoms with Crippen molar-refractivity contribution in [1.82, 2.24) is 0 Å². The maximum atomic E-state index is 9.67. The highest BCUT2D eigenvalue weighted by Crippen LogP contribution is 2.20. The van der Waals surface area contributed by atoms with Crippen molar-refractivity contribution < 1.29 is 5.11 Å². The minimum absolute atomic E-state index is 0.203. The smallest absolute Gasteiger partial charge is 0.124 e. The molecule has 0 heterocycles. The van der Waals surface area contributed by atoms with Crippen LogP contribution < -0.4 is 5.43 Å². The van der Waals surface area contributed by atoms with Gasteiger partial charge in [0, 0.05) is 10.0 Å². The zero-order chi connectivity index (χ0) is 13.8. The molecule has 0 aliphatic carbocycles. The summed E-state index contributed by atoms with van der Waals surface area (Å²) in [5.74, 6) is 0.203. The zero-order valence-corrected chi connectivity index (χ0v) is 12.4. The maximum absolute atomic E-state index is 9.67. The number of aryl methyl sites for hydroxylation is 2. The van der Waals surface area contributed by atoms with Crippen LogP contribution in [0.3, 0.4) is 0 Å². The van der Waals surface area contributed by atoms with Gasteiger partial charge in [0.1, 0.15) is 5.75 Å². The van der Waals surface area contributed by atoms with E-state index in [-0.39, 0.29) is 5.75 Å². The Bertz CT molecular complexity index is 624. The molecule has 2 rings (SSSR count). The van der Waals surface area contributed by atoms with Crippen LogP contribution in [-0.2, 0) is 0 Å². The van der Waals surface area contributed by atoms with Gasteiger partial charge < -0.3 is 5.11 Å². The minimum Gasteiger partial charge on any atom is -0.507 e. The molecule has 2 N–H and O–H groups in total. The summed E-state index contributed by atoms with van der Waals surface area (Å²) in [7, 11) is 0. The molecule has 0 aliphatic heterocycles. The van der Waals surface area contributed by atoms with E-state index < -0.39 is 0 Å². The van der Waals surface area contributed by atoms with Crippen molar-refractivity contribution in [2.45, 2.75) is 13.8 Å². The predicted octanol–water partition coefficient (Wildman–Crippen LogP) is 4.22. The Labute approximate surface area is 121 Å². The first-order chi connectivity index (χ1) is 9.06. The second-order valence-electron chi connectivity index (χ2n) is 4.37. The Morgan fingerprint density at radius 3 is 2.63 bits per heavy atom. The highest BCUT2D eigenvalue weighted by atomic mass is 79.9. The van der Waals surface area contributed by atoms with Crippen molar-refractivity contribution in [1.29, 1.82) is 0 Å². The zero-order valence-electron chi connectivity index (χ0n) is 10.8. The SMILES string of the molecule is Cc1ccc(NN=Cc2cc(Br)ccc2O)cc1C. The molecule has 4 heteroatoms. The number of aromatic hydroxyl groups is 1. The van der Waals surface area contributed by atoms with Crippen molar-refractivity contribution in [3.8, 4) is 5.75 Å². The fourth-order valence-corrected chi connectivity index (χ4v) is 1.99. The van der Waals surface area contributed by atoms with Crippen LogP contribution in [0.4, 0.5) is 5.69 Å². The standard InChI is InChI=1S/C15H15BrN2O/c1-10-3-5-14(7-11(10)2)18-17-9-12-8-13(16)4-6-15(12)19/h3-9,18-19H,1-2H3. The molecule has 2 aromatic rings. The molecule has 0 aliphatic rings. The molecule has 0 aromatic heterocycles. The second-order valence-corrected chi connectivity index (χ2v) is 5.29. The Hall–Kier alpha value is -1.81. The second kappa shape index (κ2) is 5.89. The molecule has 0 radical (unpaired) electrons. The fraction of sp³-hybridized carbons (Fsp3) is 0.133. The van der Waals surface area contributed by atoms with Gasteiger partial charge in [0.2, 0.25) is 0 Å². The number of phenols is 1. The fourth-order valence-electron chi connectivity index (χ4n) is 1.62. The molecular formula is C15H15BrN2O. The Kier molecular flexibility index (Phi) is 4.22. The summed E-state index contributed by atoms with van der Waals surface area (Å²) >= 11 is 3.36. The summed E-state index contributed by atoms with van der Waals surface area (Å²) in [6.07, 6.45) is 1.59. The van der Waals surface area contributed by atoms with Crippen LogP contribution >= 0.6 is 15.9 Å². The van der Waals surface area contributed by atoms with Gasteiger partial charge in [-0.2, -0.15) is 5.10 Å².